The van der Waals surface area contributed by atoms with Crippen LogP contribution in [-0.4, -0.2) is 11.9 Å². The molecule has 0 amide bonds. The summed E-state index contributed by atoms with van der Waals surface area (Å²) in [5.41, 5.74) is 5.42. The van der Waals surface area contributed by atoms with E-state index >= 15 is 0 Å². The third-order valence-corrected chi connectivity index (χ3v) is 6.65. The van der Waals surface area contributed by atoms with E-state index in [9.17, 15) is 4.79 Å². The lowest BCUT2D eigenvalue weighted by Crippen LogP contribution is -2.62. The normalized spacial score (nSPS) is 15.2. The average Bonchev–Trinajstić information content (AvgIpc) is 3.02. The zero-order valence-corrected chi connectivity index (χ0v) is 20.8. The first kappa shape index (κ1) is 23.3. The molecule has 184 valence electrons. The zero-order chi connectivity index (χ0) is 25.7. The third kappa shape index (κ3) is 4.44. The van der Waals surface area contributed by atoms with Crippen LogP contribution in [0, 0.1) is 0 Å². The van der Waals surface area contributed by atoms with Gasteiger partial charge >= 0.3 is 0 Å². The van der Waals surface area contributed by atoms with Crippen molar-refractivity contribution in [3.05, 3.63) is 169 Å². The van der Waals surface area contributed by atoms with Crippen LogP contribution in [0.1, 0.15) is 15.9 Å². The largest absolute Gasteiger partial charge is 0.310 e. The third-order valence-electron chi connectivity index (χ3n) is 6.65. The van der Waals surface area contributed by atoms with Gasteiger partial charge in [-0.25, -0.2) is 0 Å². The van der Waals surface area contributed by atoms with E-state index in [0.717, 1.165) is 28.3 Å². The molecular formula is C34H27N3O. The van der Waals surface area contributed by atoms with E-state index in [2.05, 4.69) is 57.5 Å². The van der Waals surface area contributed by atoms with E-state index in [1.54, 1.807) is 0 Å². The van der Waals surface area contributed by atoms with Gasteiger partial charge in [0.05, 0.1) is 23.3 Å². The second-order valence-electron chi connectivity index (χ2n) is 9.05. The molecule has 0 aliphatic carbocycles. The minimum atomic E-state index is -0.692. The Labute approximate surface area is 223 Å². The predicted molar refractivity (Wildman–Crippen MR) is 156 cm³/mol. The Bertz CT molecular complexity index is 1520. The number of rotatable bonds is 6. The summed E-state index contributed by atoms with van der Waals surface area (Å²) in [5.74, 6) is 0.000711. The maximum Gasteiger partial charge on any atom is 0.207 e. The van der Waals surface area contributed by atoms with Crippen LogP contribution in [0.3, 0.4) is 0 Å². The molecule has 1 unspecified atom stereocenters. The number of anilines is 3. The Kier molecular flexibility index (Phi) is 6.44. The molecule has 0 aromatic heterocycles. The van der Waals surface area contributed by atoms with Gasteiger partial charge in [0, 0.05) is 11.3 Å². The van der Waals surface area contributed by atoms with Gasteiger partial charge in [-0.1, -0.05) is 115 Å². The van der Waals surface area contributed by atoms with Crippen molar-refractivity contribution < 1.29 is 4.79 Å². The van der Waals surface area contributed by atoms with Gasteiger partial charge in [0.1, 0.15) is 0 Å². The van der Waals surface area contributed by atoms with Gasteiger partial charge in [-0.15, -0.1) is 0 Å². The highest BCUT2D eigenvalue weighted by Crippen LogP contribution is 2.39. The fourth-order valence-electron chi connectivity index (χ4n) is 4.90. The SMILES string of the molecule is O=C(c1ccccc1)C1N(c2ccccc2)C(c2ccccc2)=CN(c2ccccc2)N1c1ccccc1. The summed E-state index contributed by atoms with van der Waals surface area (Å²) in [6.07, 6.45) is 1.43. The quantitative estimate of drug-likeness (QED) is 0.227. The van der Waals surface area contributed by atoms with Crippen molar-refractivity contribution in [2.75, 3.05) is 14.9 Å². The molecule has 38 heavy (non-hydrogen) atoms. The summed E-state index contributed by atoms with van der Waals surface area (Å²) in [7, 11) is 0. The molecule has 0 radical (unpaired) electrons. The van der Waals surface area contributed by atoms with Crippen LogP contribution >= 0.6 is 0 Å². The standard InChI is InChI=1S/C34H27N3O/c38-33(28-18-8-2-9-19-28)34-36(30-22-12-4-13-23-30)32(27-16-6-1-7-17-27)26-35(29-20-10-3-11-21-29)37(34)31-24-14-5-15-25-31/h1-26,34H. The highest BCUT2D eigenvalue weighted by Gasteiger charge is 2.42. The van der Waals surface area contributed by atoms with E-state index in [4.69, 9.17) is 0 Å². The Balaban J connectivity index is 1.66. The second kappa shape index (κ2) is 10.5. The molecule has 4 heteroatoms. The van der Waals surface area contributed by atoms with Crippen LogP contribution in [0.2, 0.25) is 0 Å². The van der Waals surface area contributed by atoms with Crippen LogP contribution in [0.4, 0.5) is 17.1 Å². The number of carbonyl (C=O) groups is 1. The van der Waals surface area contributed by atoms with Crippen molar-refractivity contribution in [2.24, 2.45) is 0 Å². The van der Waals surface area contributed by atoms with E-state index in [-0.39, 0.29) is 5.78 Å². The number of carbonyl (C=O) groups excluding carboxylic acids is 1. The molecule has 1 aliphatic rings. The van der Waals surface area contributed by atoms with Crippen molar-refractivity contribution in [2.45, 2.75) is 6.17 Å². The topological polar surface area (TPSA) is 26.8 Å². The summed E-state index contributed by atoms with van der Waals surface area (Å²) < 4.78 is 0. The number of hydrogen-bond acceptors (Lipinski definition) is 4. The van der Waals surface area contributed by atoms with E-state index in [0.29, 0.717) is 5.56 Å². The number of ketones is 1. The first-order chi connectivity index (χ1) is 18.8. The van der Waals surface area contributed by atoms with Gasteiger partial charge in [0.25, 0.3) is 0 Å². The van der Waals surface area contributed by atoms with Crippen LogP contribution in [-0.2, 0) is 0 Å². The van der Waals surface area contributed by atoms with E-state index < -0.39 is 6.17 Å². The Morgan fingerprint density at radius 2 is 0.947 bits per heavy atom. The Morgan fingerprint density at radius 3 is 1.50 bits per heavy atom. The molecule has 0 fully saturated rings. The number of hydrazine groups is 1. The fourth-order valence-corrected chi connectivity index (χ4v) is 4.90. The minimum absolute atomic E-state index is 0.000711. The number of nitrogens with zero attached hydrogens (tertiary/aromatic N) is 3. The molecule has 1 aliphatic heterocycles. The van der Waals surface area contributed by atoms with E-state index in [1.807, 2.05) is 115 Å². The van der Waals surface area contributed by atoms with Crippen molar-refractivity contribution in [3.63, 3.8) is 0 Å². The van der Waals surface area contributed by atoms with Gasteiger partial charge in [-0.3, -0.25) is 14.8 Å². The summed E-state index contributed by atoms with van der Waals surface area (Å²) in [6, 6.07) is 50.2. The van der Waals surface area contributed by atoms with Crippen LogP contribution < -0.4 is 14.9 Å². The lowest BCUT2D eigenvalue weighted by atomic mass is 10.0. The highest BCUT2D eigenvalue weighted by atomic mass is 16.1. The lowest BCUT2D eigenvalue weighted by molar-refractivity contribution is 0.0958. The maximum absolute atomic E-state index is 14.6. The van der Waals surface area contributed by atoms with Crippen molar-refractivity contribution >= 4 is 28.5 Å². The molecular weight excluding hydrogens is 466 g/mol. The number of para-hydroxylation sites is 3. The molecule has 0 bridgehead atoms. The predicted octanol–water partition coefficient (Wildman–Crippen LogP) is 7.64. The molecule has 1 atom stereocenters. The molecule has 4 nitrogen and oxygen atoms in total. The molecule has 0 spiro atoms. The first-order valence-electron chi connectivity index (χ1n) is 12.7. The fraction of sp³-hybridized carbons (Fsp3) is 0.0294. The van der Waals surface area contributed by atoms with E-state index in [1.165, 1.54) is 0 Å². The van der Waals surface area contributed by atoms with Crippen molar-refractivity contribution in [1.82, 2.24) is 0 Å². The smallest absolute Gasteiger partial charge is 0.207 e. The summed E-state index contributed by atoms with van der Waals surface area (Å²) in [6.45, 7) is 0. The molecule has 5 aromatic carbocycles. The summed E-state index contributed by atoms with van der Waals surface area (Å²) in [5, 5.41) is 4.19. The highest BCUT2D eigenvalue weighted by molar-refractivity contribution is 6.07. The average molecular weight is 494 g/mol. The first-order valence-corrected chi connectivity index (χ1v) is 12.7. The molecule has 1 heterocycles. The molecule has 0 N–H and O–H groups in total. The van der Waals surface area contributed by atoms with Crippen LogP contribution in [0.25, 0.3) is 5.70 Å². The Hall–Kier alpha value is -5.09. The molecule has 0 saturated carbocycles. The molecule has 6 rings (SSSR count). The minimum Gasteiger partial charge on any atom is -0.310 e. The van der Waals surface area contributed by atoms with Gasteiger partial charge in [-0.05, 0) is 42.0 Å². The summed E-state index contributed by atoms with van der Waals surface area (Å²) in [4.78, 5) is 16.7. The van der Waals surface area contributed by atoms with Crippen LogP contribution in [0.15, 0.2) is 158 Å². The monoisotopic (exact) mass is 493 g/mol. The molecule has 0 saturated heterocycles. The Morgan fingerprint density at radius 1 is 0.500 bits per heavy atom. The number of hydrogen-bond donors (Lipinski definition) is 0. The van der Waals surface area contributed by atoms with Crippen LogP contribution in [0.5, 0.6) is 0 Å². The van der Waals surface area contributed by atoms with Crippen molar-refractivity contribution in [3.8, 4) is 0 Å². The second-order valence-corrected chi connectivity index (χ2v) is 9.05. The van der Waals surface area contributed by atoms with Crippen molar-refractivity contribution in [1.29, 1.82) is 0 Å². The number of Topliss-reactive ketones (excluding diaryl/α,β-unsaturated/α-hetero) is 1. The van der Waals surface area contributed by atoms with Gasteiger partial charge in [-0.2, -0.15) is 0 Å². The lowest BCUT2D eigenvalue weighted by Gasteiger charge is -2.50. The van der Waals surface area contributed by atoms with Gasteiger partial charge in [0.2, 0.25) is 5.78 Å². The number of benzene rings is 5. The van der Waals surface area contributed by atoms with Gasteiger partial charge < -0.3 is 4.90 Å². The zero-order valence-electron chi connectivity index (χ0n) is 20.8. The van der Waals surface area contributed by atoms with Gasteiger partial charge in [0.15, 0.2) is 6.17 Å². The maximum atomic E-state index is 14.6. The summed E-state index contributed by atoms with van der Waals surface area (Å²) >= 11 is 0. The molecule has 5 aromatic rings.